The first kappa shape index (κ1) is 7.18. The molecular formula is C9H10N2O. The van der Waals surface area contributed by atoms with Crippen LogP contribution >= 0.6 is 0 Å². The van der Waals surface area contributed by atoms with Crippen LogP contribution in [0.15, 0.2) is 36.0 Å². The third kappa shape index (κ3) is 1.14. The molecule has 1 aromatic carbocycles. The van der Waals surface area contributed by atoms with Gasteiger partial charge in [0.25, 0.3) is 0 Å². The van der Waals surface area contributed by atoms with Crippen molar-refractivity contribution in [1.29, 1.82) is 0 Å². The van der Waals surface area contributed by atoms with Crippen LogP contribution in [-0.2, 0) is 4.84 Å². The number of allylic oxidation sites excluding steroid dienone is 1. The SMILES string of the molecule is CC1=C(c2ccccc2)ONN1. The Kier molecular flexibility index (Phi) is 1.72. The number of rotatable bonds is 1. The lowest BCUT2D eigenvalue weighted by molar-refractivity contribution is 0.156. The second-order valence-corrected chi connectivity index (χ2v) is 2.65. The van der Waals surface area contributed by atoms with E-state index in [4.69, 9.17) is 4.84 Å². The molecule has 0 atom stereocenters. The molecule has 0 amide bonds. The molecular weight excluding hydrogens is 152 g/mol. The van der Waals surface area contributed by atoms with Crippen molar-refractivity contribution in [2.24, 2.45) is 0 Å². The standard InChI is InChI=1S/C9H10N2O/c1-7-9(12-11-10-7)8-5-3-2-4-6-8/h2-6,10-11H,1H3. The Hall–Kier alpha value is -1.48. The van der Waals surface area contributed by atoms with E-state index in [1.807, 2.05) is 37.3 Å². The van der Waals surface area contributed by atoms with E-state index in [0.29, 0.717) is 0 Å². The third-order valence-electron chi connectivity index (χ3n) is 1.77. The molecule has 1 heterocycles. The topological polar surface area (TPSA) is 33.3 Å². The van der Waals surface area contributed by atoms with Crippen LogP contribution in [0.5, 0.6) is 0 Å². The molecule has 0 bridgehead atoms. The van der Waals surface area contributed by atoms with Crippen LogP contribution in [0.4, 0.5) is 0 Å². The average molecular weight is 162 g/mol. The van der Waals surface area contributed by atoms with Gasteiger partial charge in [0.05, 0.1) is 5.70 Å². The van der Waals surface area contributed by atoms with Gasteiger partial charge in [0, 0.05) is 5.56 Å². The second-order valence-electron chi connectivity index (χ2n) is 2.65. The number of hydrogen-bond acceptors (Lipinski definition) is 3. The Morgan fingerprint density at radius 1 is 1.17 bits per heavy atom. The number of nitrogens with one attached hydrogen (secondary N) is 2. The van der Waals surface area contributed by atoms with Crippen LogP contribution in [0, 0.1) is 0 Å². The summed E-state index contributed by atoms with van der Waals surface area (Å²) in [5.41, 5.74) is 7.55. The van der Waals surface area contributed by atoms with Crippen molar-refractivity contribution in [2.75, 3.05) is 0 Å². The highest BCUT2D eigenvalue weighted by Crippen LogP contribution is 2.19. The van der Waals surface area contributed by atoms with Gasteiger partial charge in [-0.2, -0.15) is 0 Å². The quantitative estimate of drug-likeness (QED) is 0.655. The molecule has 2 N–H and O–H groups in total. The Morgan fingerprint density at radius 3 is 2.50 bits per heavy atom. The first-order valence-electron chi connectivity index (χ1n) is 3.82. The highest BCUT2D eigenvalue weighted by molar-refractivity contribution is 5.62. The van der Waals surface area contributed by atoms with Crippen molar-refractivity contribution in [3.8, 4) is 0 Å². The average Bonchev–Trinajstić information content (AvgIpc) is 2.53. The molecule has 0 aromatic heterocycles. The minimum atomic E-state index is 0.857. The number of benzene rings is 1. The zero-order valence-corrected chi connectivity index (χ0v) is 6.79. The van der Waals surface area contributed by atoms with Gasteiger partial charge >= 0.3 is 0 Å². The summed E-state index contributed by atoms with van der Waals surface area (Å²) in [4.78, 5) is 5.17. The molecule has 3 heteroatoms. The molecule has 3 nitrogen and oxygen atoms in total. The summed E-state index contributed by atoms with van der Waals surface area (Å²) in [5.74, 6) is 0.857. The monoisotopic (exact) mass is 162 g/mol. The van der Waals surface area contributed by atoms with E-state index in [2.05, 4.69) is 11.0 Å². The van der Waals surface area contributed by atoms with Crippen LogP contribution < -0.4 is 11.0 Å². The fourth-order valence-corrected chi connectivity index (χ4v) is 1.15. The first-order valence-corrected chi connectivity index (χ1v) is 3.82. The lowest BCUT2D eigenvalue weighted by Gasteiger charge is -1.99. The van der Waals surface area contributed by atoms with Gasteiger partial charge in [0.1, 0.15) is 0 Å². The summed E-state index contributed by atoms with van der Waals surface area (Å²) in [6, 6.07) is 9.96. The largest absolute Gasteiger partial charge is 0.387 e. The smallest absolute Gasteiger partial charge is 0.176 e. The van der Waals surface area contributed by atoms with Gasteiger partial charge in [-0.15, -0.1) is 0 Å². The molecule has 0 unspecified atom stereocenters. The number of hydrazine groups is 1. The summed E-state index contributed by atoms with van der Waals surface area (Å²) < 4.78 is 0. The molecule has 1 aliphatic heterocycles. The van der Waals surface area contributed by atoms with Gasteiger partial charge in [-0.25, -0.2) is 0 Å². The maximum Gasteiger partial charge on any atom is 0.176 e. The lowest BCUT2D eigenvalue weighted by atomic mass is 10.2. The summed E-state index contributed by atoms with van der Waals surface area (Å²) >= 11 is 0. The highest BCUT2D eigenvalue weighted by Gasteiger charge is 2.12. The molecule has 1 aromatic rings. The Balaban J connectivity index is 2.37. The molecule has 2 rings (SSSR count). The van der Waals surface area contributed by atoms with Crippen molar-refractivity contribution in [1.82, 2.24) is 11.0 Å². The molecule has 0 spiro atoms. The van der Waals surface area contributed by atoms with Crippen LogP contribution in [-0.4, -0.2) is 0 Å². The summed E-state index contributed by atoms with van der Waals surface area (Å²) in [6.07, 6.45) is 0. The van der Waals surface area contributed by atoms with Crippen LogP contribution in [0.1, 0.15) is 12.5 Å². The lowest BCUT2D eigenvalue weighted by Crippen LogP contribution is -2.21. The van der Waals surface area contributed by atoms with Crippen LogP contribution in [0.25, 0.3) is 5.76 Å². The van der Waals surface area contributed by atoms with E-state index in [9.17, 15) is 0 Å². The second kappa shape index (κ2) is 2.87. The highest BCUT2D eigenvalue weighted by atomic mass is 16.7. The maximum absolute atomic E-state index is 5.17. The molecule has 0 fully saturated rings. The zero-order chi connectivity index (χ0) is 8.39. The minimum Gasteiger partial charge on any atom is -0.387 e. The fourth-order valence-electron chi connectivity index (χ4n) is 1.15. The van der Waals surface area contributed by atoms with E-state index in [-0.39, 0.29) is 0 Å². The Labute approximate surface area is 71.0 Å². The maximum atomic E-state index is 5.17. The summed E-state index contributed by atoms with van der Waals surface area (Å²) in [6.45, 7) is 1.96. The van der Waals surface area contributed by atoms with Crippen molar-refractivity contribution in [3.63, 3.8) is 0 Å². The normalized spacial score (nSPS) is 15.8. The van der Waals surface area contributed by atoms with E-state index in [1.54, 1.807) is 0 Å². The van der Waals surface area contributed by atoms with Crippen molar-refractivity contribution < 1.29 is 4.84 Å². The van der Waals surface area contributed by atoms with E-state index >= 15 is 0 Å². The Morgan fingerprint density at radius 2 is 1.92 bits per heavy atom. The summed E-state index contributed by atoms with van der Waals surface area (Å²) in [5, 5.41) is 0. The number of hydrogen-bond donors (Lipinski definition) is 2. The van der Waals surface area contributed by atoms with E-state index in [1.165, 1.54) is 0 Å². The third-order valence-corrected chi connectivity index (χ3v) is 1.77. The van der Waals surface area contributed by atoms with Gasteiger partial charge in [-0.1, -0.05) is 35.9 Å². The molecule has 62 valence electrons. The predicted octanol–water partition coefficient (Wildman–Crippen LogP) is 1.41. The van der Waals surface area contributed by atoms with Gasteiger partial charge in [-0.3, -0.25) is 5.43 Å². The molecule has 0 saturated heterocycles. The van der Waals surface area contributed by atoms with Gasteiger partial charge in [0.15, 0.2) is 5.76 Å². The zero-order valence-electron chi connectivity index (χ0n) is 6.79. The van der Waals surface area contributed by atoms with Crippen molar-refractivity contribution in [2.45, 2.75) is 6.92 Å². The molecule has 0 aliphatic carbocycles. The predicted molar refractivity (Wildman–Crippen MR) is 46.4 cm³/mol. The fraction of sp³-hybridized carbons (Fsp3) is 0.111. The van der Waals surface area contributed by atoms with Gasteiger partial charge in [-0.05, 0) is 6.92 Å². The van der Waals surface area contributed by atoms with Crippen LogP contribution in [0.2, 0.25) is 0 Å². The Bertz CT molecular complexity index is 306. The van der Waals surface area contributed by atoms with Crippen molar-refractivity contribution >= 4 is 5.76 Å². The molecule has 0 saturated carbocycles. The van der Waals surface area contributed by atoms with E-state index < -0.39 is 0 Å². The van der Waals surface area contributed by atoms with Gasteiger partial charge < -0.3 is 4.84 Å². The van der Waals surface area contributed by atoms with Gasteiger partial charge in [0.2, 0.25) is 0 Å². The molecule has 0 radical (unpaired) electrons. The van der Waals surface area contributed by atoms with Crippen LogP contribution in [0.3, 0.4) is 0 Å². The van der Waals surface area contributed by atoms with Crippen molar-refractivity contribution in [3.05, 3.63) is 41.6 Å². The first-order chi connectivity index (χ1) is 5.88. The molecule has 1 aliphatic rings. The van der Waals surface area contributed by atoms with E-state index in [0.717, 1.165) is 17.0 Å². The minimum absolute atomic E-state index is 0.857. The summed E-state index contributed by atoms with van der Waals surface area (Å²) in [7, 11) is 0. The molecule has 12 heavy (non-hydrogen) atoms.